The molecule has 1 aromatic heterocycles. The molecule has 0 aliphatic carbocycles. The van der Waals surface area contributed by atoms with Crippen molar-refractivity contribution in [2.45, 2.75) is 32.4 Å². The lowest BCUT2D eigenvalue weighted by molar-refractivity contribution is -0.130. The molecule has 6 heteroatoms. The van der Waals surface area contributed by atoms with E-state index in [-0.39, 0.29) is 5.91 Å². The van der Waals surface area contributed by atoms with Gasteiger partial charge < -0.3 is 14.7 Å². The Morgan fingerprint density at radius 3 is 2.75 bits per heavy atom. The first-order chi connectivity index (χ1) is 9.54. The topological polar surface area (TPSA) is 61.6 Å². The Bertz CT molecular complexity index is 436. The molecule has 1 amide bonds. The van der Waals surface area contributed by atoms with Gasteiger partial charge in [0, 0.05) is 39.3 Å². The average molecular weight is 280 g/mol. The normalized spacial score (nSPS) is 17.4. The lowest BCUT2D eigenvalue weighted by Crippen LogP contribution is -2.45. The maximum Gasteiger partial charge on any atom is 0.236 e. The summed E-state index contributed by atoms with van der Waals surface area (Å²) in [5.74, 6) is 1.06. The smallest absolute Gasteiger partial charge is 0.236 e. The van der Waals surface area contributed by atoms with Crippen molar-refractivity contribution >= 4 is 5.91 Å². The summed E-state index contributed by atoms with van der Waals surface area (Å²) in [6.07, 6.45) is 2.13. The molecule has 0 unspecified atom stereocenters. The third kappa shape index (κ3) is 4.31. The molecule has 0 radical (unpaired) electrons. The Morgan fingerprint density at radius 1 is 1.50 bits per heavy atom. The van der Waals surface area contributed by atoms with Crippen molar-refractivity contribution in [2.24, 2.45) is 0 Å². The molecule has 1 aliphatic heterocycles. The van der Waals surface area contributed by atoms with Gasteiger partial charge in [0.1, 0.15) is 0 Å². The van der Waals surface area contributed by atoms with Crippen LogP contribution in [0.2, 0.25) is 0 Å². The molecule has 112 valence electrons. The van der Waals surface area contributed by atoms with Gasteiger partial charge in [-0.25, -0.2) is 0 Å². The summed E-state index contributed by atoms with van der Waals surface area (Å²) >= 11 is 0. The highest BCUT2D eigenvalue weighted by Crippen LogP contribution is 2.11. The molecule has 1 fully saturated rings. The summed E-state index contributed by atoms with van der Waals surface area (Å²) in [6.45, 7) is 5.11. The molecule has 2 rings (SSSR count). The van der Waals surface area contributed by atoms with Gasteiger partial charge in [0.25, 0.3) is 0 Å². The number of nitrogens with zero attached hydrogens (tertiary/aromatic N) is 3. The first-order valence-electron chi connectivity index (χ1n) is 7.12. The van der Waals surface area contributed by atoms with E-state index in [1.165, 1.54) is 0 Å². The number of carbonyl (C=O) groups excluding carboxylic acids is 1. The number of nitrogens with one attached hydrogen (secondary N) is 1. The van der Waals surface area contributed by atoms with Crippen molar-refractivity contribution in [1.29, 1.82) is 0 Å². The van der Waals surface area contributed by atoms with E-state index in [0.717, 1.165) is 43.9 Å². The Hall–Kier alpha value is -1.40. The van der Waals surface area contributed by atoms with E-state index in [1.807, 2.05) is 13.0 Å². The fourth-order valence-corrected chi connectivity index (χ4v) is 2.37. The van der Waals surface area contributed by atoms with Crippen molar-refractivity contribution in [3.63, 3.8) is 0 Å². The molecular weight excluding hydrogens is 256 g/mol. The molecule has 1 N–H and O–H groups in total. The third-order valence-corrected chi connectivity index (χ3v) is 3.69. The van der Waals surface area contributed by atoms with Crippen LogP contribution in [0.15, 0.2) is 10.6 Å². The number of likely N-dealkylation sites (tertiary alicyclic amines) is 1. The minimum absolute atomic E-state index is 0.175. The van der Waals surface area contributed by atoms with Crippen LogP contribution in [0.1, 0.15) is 24.3 Å². The molecule has 2 heterocycles. The molecule has 0 bridgehead atoms. The molecule has 20 heavy (non-hydrogen) atoms. The first kappa shape index (κ1) is 15.0. The second kappa shape index (κ2) is 6.85. The van der Waals surface area contributed by atoms with Gasteiger partial charge in [-0.1, -0.05) is 5.16 Å². The summed E-state index contributed by atoms with van der Waals surface area (Å²) < 4.78 is 5.18. The monoisotopic (exact) mass is 280 g/mol. The number of hydrogen-bond acceptors (Lipinski definition) is 5. The summed E-state index contributed by atoms with van der Waals surface area (Å²) in [5, 5.41) is 7.37. The highest BCUT2D eigenvalue weighted by molar-refractivity contribution is 5.77. The van der Waals surface area contributed by atoms with Crippen LogP contribution < -0.4 is 5.32 Å². The van der Waals surface area contributed by atoms with Crippen LogP contribution >= 0.6 is 0 Å². The molecule has 1 aliphatic rings. The van der Waals surface area contributed by atoms with Gasteiger partial charge in [0.15, 0.2) is 5.76 Å². The molecule has 0 atom stereocenters. The predicted octanol–water partition coefficient (Wildman–Crippen LogP) is 0.625. The Kier molecular flexibility index (Phi) is 5.14. The van der Waals surface area contributed by atoms with Crippen molar-refractivity contribution in [1.82, 2.24) is 20.3 Å². The summed E-state index contributed by atoms with van der Waals surface area (Å²) in [5.41, 5.74) is 0.916. The molecule has 0 aromatic carbocycles. The zero-order chi connectivity index (χ0) is 14.5. The number of rotatable bonds is 5. The second-order valence-corrected chi connectivity index (χ2v) is 5.65. The summed E-state index contributed by atoms with van der Waals surface area (Å²) in [7, 11) is 3.60. The van der Waals surface area contributed by atoms with Crippen LogP contribution in [-0.4, -0.2) is 60.6 Å². The summed E-state index contributed by atoms with van der Waals surface area (Å²) in [6, 6.07) is 2.45. The number of amides is 1. The highest BCUT2D eigenvalue weighted by atomic mass is 16.5. The second-order valence-electron chi connectivity index (χ2n) is 5.65. The van der Waals surface area contributed by atoms with Crippen LogP contribution in [0.3, 0.4) is 0 Å². The molecule has 6 nitrogen and oxygen atoms in total. The van der Waals surface area contributed by atoms with Gasteiger partial charge in [-0.2, -0.15) is 0 Å². The number of carbonyl (C=O) groups is 1. The van der Waals surface area contributed by atoms with Crippen LogP contribution in [0, 0.1) is 6.92 Å². The quantitative estimate of drug-likeness (QED) is 0.857. The first-order valence-corrected chi connectivity index (χ1v) is 7.12. The fourth-order valence-electron chi connectivity index (χ4n) is 2.37. The standard InChI is InChI=1S/C14H24N4O2/c1-11-8-13(20-16-11)9-15-12-4-6-18(7-5-12)10-14(19)17(2)3/h8,12,15H,4-7,9-10H2,1-3H3. The van der Waals surface area contributed by atoms with Crippen molar-refractivity contribution in [3.05, 3.63) is 17.5 Å². The van der Waals surface area contributed by atoms with Crippen molar-refractivity contribution in [2.75, 3.05) is 33.7 Å². The number of aromatic nitrogens is 1. The number of aryl methyl sites for hydroxylation is 1. The van der Waals surface area contributed by atoms with Crippen molar-refractivity contribution in [3.8, 4) is 0 Å². The van der Waals surface area contributed by atoms with E-state index >= 15 is 0 Å². The lowest BCUT2D eigenvalue weighted by atomic mass is 10.0. The van der Waals surface area contributed by atoms with E-state index in [2.05, 4.69) is 15.4 Å². The zero-order valence-electron chi connectivity index (χ0n) is 12.6. The maximum absolute atomic E-state index is 11.7. The summed E-state index contributed by atoms with van der Waals surface area (Å²) in [4.78, 5) is 15.5. The zero-order valence-corrected chi connectivity index (χ0v) is 12.6. The molecule has 1 saturated heterocycles. The fraction of sp³-hybridized carbons (Fsp3) is 0.714. The Morgan fingerprint density at radius 2 is 2.20 bits per heavy atom. The molecular formula is C14H24N4O2. The number of piperidine rings is 1. The van der Waals surface area contributed by atoms with Crippen LogP contribution in [0.4, 0.5) is 0 Å². The van der Waals surface area contributed by atoms with E-state index < -0.39 is 0 Å². The predicted molar refractivity (Wildman–Crippen MR) is 76.2 cm³/mol. The van der Waals surface area contributed by atoms with Gasteiger partial charge >= 0.3 is 0 Å². The van der Waals surface area contributed by atoms with Crippen LogP contribution in [0.5, 0.6) is 0 Å². The van der Waals surface area contributed by atoms with Gasteiger partial charge in [0.05, 0.1) is 18.8 Å². The van der Waals surface area contributed by atoms with E-state index in [0.29, 0.717) is 12.6 Å². The van der Waals surface area contributed by atoms with Gasteiger partial charge in [-0.3, -0.25) is 9.69 Å². The SMILES string of the molecule is Cc1cc(CNC2CCN(CC(=O)N(C)C)CC2)on1. The number of hydrogen-bond donors (Lipinski definition) is 1. The van der Waals surface area contributed by atoms with Gasteiger partial charge in [0.2, 0.25) is 5.91 Å². The van der Waals surface area contributed by atoms with Gasteiger partial charge in [-0.15, -0.1) is 0 Å². The van der Waals surface area contributed by atoms with E-state index in [1.54, 1.807) is 19.0 Å². The van der Waals surface area contributed by atoms with Crippen LogP contribution in [0.25, 0.3) is 0 Å². The lowest BCUT2D eigenvalue weighted by Gasteiger charge is -2.32. The van der Waals surface area contributed by atoms with Gasteiger partial charge in [-0.05, 0) is 19.8 Å². The Balaban J connectivity index is 1.68. The Labute approximate surface area is 120 Å². The third-order valence-electron chi connectivity index (χ3n) is 3.69. The highest BCUT2D eigenvalue weighted by Gasteiger charge is 2.21. The largest absolute Gasteiger partial charge is 0.360 e. The van der Waals surface area contributed by atoms with Crippen LogP contribution in [-0.2, 0) is 11.3 Å². The van der Waals surface area contributed by atoms with E-state index in [4.69, 9.17) is 4.52 Å². The number of likely N-dealkylation sites (N-methyl/N-ethyl adjacent to an activating group) is 1. The van der Waals surface area contributed by atoms with E-state index in [9.17, 15) is 4.79 Å². The maximum atomic E-state index is 11.7. The molecule has 1 aromatic rings. The minimum Gasteiger partial charge on any atom is -0.360 e. The average Bonchev–Trinajstić information content (AvgIpc) is 2.83. The minimum atomic E-state index is 0.175. The molecule has 0 saturated carbocycles. The van der Waals surface area contributed by atoms with Crippen molar-refractivity contribution < 1.29 is 9.32 Å². The molecule has 0 spiro atoms.